The third kappa shape index (κ3) is 5.60. The van der Waals surface area contributed by atoms with Crippen molar-refractivity contribution in [2.45, 2.75) is 38.0 Å². The summed E-state index contributed by atoms with van der Waals surface area (Å²) in [6, 6.07) is 6.05. The van der Waals surface area contributed by atoms with E-state index in [1.165, 1.54) is 37.7 Å². The number of halogens is 2. The summed E-state index contributed by atoms with van der Waals surface area (Å²) < 4.78 is 0. The maximum absolute atomic E-state index is 6.00. The maximum atomic E-state index is 6.00. The molecule has 0 aliphatic heterocycles. The standard InChI is InChI=1S/C12H14Cl2.C3H9N/c13-11-7-6-10(8-12(11)14)9-4-2-1-3-5-9;1-4(2)3/h6-9H,1-5H2;1-3H3. The second-order valence-electron chi connectivity index (χ2n) is 5.35. The summed E-state index contributed by atoms with van der Waals surface area (Å²) in [5.41, 5.74) is 1.36. The Hall–Kier alpha value is -0.240. The van der Waals surface area contributed by atoms with Crippen molar-refractivity contribution in [3.8, 4) is 0 Å². The van der Waals surface area contributed by atoms with E-state index in [2.05, 4.69) is 6.07 Å². The molecule has 0 unspecified atom stereocenters. The monoisotopic (exact) mass is 287 g/mol. The number of benzene rings is 1. The normalized spacial score (nSPS) is 16.3. The van der Waals surface area contributed by atoms with Crippen LogP contribution in [-0.4, -0.2) is 26.0 Å². The van der Waals surface area contributed by atoms with Crippen LogP contribution in [0.1, 0.15) is 43.6 Å². The van der Waals surface area contributed by atoms with E-state index in [0.717, 1.165) is 0 Å². The van der Waals surface area contributed by atoms with Gasteiger partial charge in [-0.1, -0.05) is 48.5 Å². The van der Waals surface area contributed by atoms with Crippen molar-refractivity contribution >= 4 is 23.2 Å². The molecule has 1 aromatic rings. The summed E-state index contributed by atoms with van der Waals surface area (Å²) in [6.07, 6.45) is 6.70. The van der Waals surface area contributed by atoms with Crippen LogP contribution >= 0.6 is 23.2 Å². The van der Waals surface area contributed by atoms with Crippen molar-refractivity contribution in [1.29, 1.82) is 0 Å². The van der Waals surface area contributed by atoms with Gasteiger partial charge in [-0.3, -0.25) is 0 Å². The number of hydrogen-bond donors (Lipinski definition) is 0. The molecule has 0 bridgehead atoms. The van der Waals surface area contributed by atoms with Crippen molar-refractivity contribution < 1.29 is 0 Å². The molecular formula is C15H23Cl2N. The molecule has 0 spiro atoms. The highest BCUT2D eigenvalue weighted by Crippen LogP contribution is 2.35. The first-order valence-corrected chi connectivity index (χ1v) is 7.32. The number of nitrogens with zero attached hydrogens (tertiary/aromatic N) is 1. The Labute approximate surface area is 121 Å². The van der Waals surface area contributed by atoms with Crippen molar-refractivity contribution in [1.82, 2.24) is 4.90 Å². The second kappa shape index (κ2) is 8.04. The van der Waals surface area contributed by atoms with E-state index in [9.17, 15) is 0 Å². The van der Waals surface area contributed by atoms with Crippen LogP contribution in [0.2, 0.25) is 10.0 Å². The lowest BCUT2D eigenvalue weighted by Crippen LogP contribution is -2.04. The van der Waals surface area contributed by atoms with Gasteiger partial charge in [-0.25, -0.2) is 0 Å². The Bertz CT molecular complexity index is 355. The highest BCUT2D eigenvalue weighted by atomic mass is 35.5. The van der Waals surface area contributed by atoms with Gasteiger partial charge in [0, 0.05) is 0 Å². The molecule has 1 fully saturated rings. The maximum Gasteiger partial charge on any atom is 0.0595 e. The first-order valence-electron chi connectivity index (χ1n) is 6.56. The molecule has 0 heterocycles. The minimum Gasteiger partial charge on any atom is -0.312 e. The summed E-state index contributed by atoms with van der Waals surface area (Å²) in [7, 11) is 6.00. The average Bonchev–Trinajstić information content (AvgIpc) is 2.33. The lowest BCUT2D eigenvalue weighted by molar-refractivity contribution is 0.443. The van der Waals surface area contributed by atoms with Gasteiger partial charge in [0.25, 0.3) is 0 Å². The predicted octanol–water partition coefficient (Wildman–Crippen LogP) is 5.22. The van der Waals surface area contributed by atoms with Crippen LogP contribution in [0.4, 0.5) is 0 Å². The Balaban J connectivity index is 0.000000357. The van der Waals surface area contributed by atoms with Crippen LogP contribution in [0.3, 0.4) is 0 Å². The zero-order chi connectivity index (χ0) is 13.5. The molecule has 2 rings (SSSR count). The van der Waals surface area contributed by atoms with Gasteiger partial charge >= 0.3 is 0 Å². The molecule has 0 radical (unpaired) electrons. The molecule has 18 heavy (non-hydrogen) atoms. The number of hydrogen-bond acceptors (Lipinski definition) is 1. The van der Waals surface area contributed by atoms with Crippen LogP contribution in [0.5, 0.6) is 0 Å². The van der Waals surface area contributed by atoms with Gasteiger partial charge in [-0.05, 0) is 57.6 Å². The Morgan fingerprint density at radius 2 is 1.50 bits per heavy atom. The topological polar surface area (TPSA) is 3.24 Å². The predicted molar refractivity (Wildman–Crippen MR) is 81.9 cm³/mol. The molecule has 1 saturated carbocycles. The zero-order valence-electron chi connectivity index (χ0n) is 11.5. The third-order valence-electron chi connectivity index (χ3n) is 3.02. The Morgan fingerprint density at radius 1 is 0.944 bits per heavy atom. The first-order chi connectivity index (χ1) is 8.50. The van der Waals surface area contributed by atoms with Gasteiger partial charge in [0.05, 0.1) is 10.0 Å². The summed E-state index contributed by atoms with van der Waals surface area (Å²) in [5, 5.41) is 1.35. The fourth-order valence-electron chi connectivity index (χ4n) is 2.20. The van der Waals surface area contributed by atoms with E-state index < -0.39 is 0 Å². The molecule has 0 atom stereocenters. The smallest absolute Gasteiger partial charge is 0.0595 e. The van der Waals surface area contributed by atoms with Gasteiger partial charge < -0.3 is 4.90 Å². The molecule has 1 aliphatic carbocycles. The molecule has 0 saturated heterocycles. The molecule has 0 aromatic heterocycles. The zero-order valence-corrected chi connectivity index (χ0v) is 13.1. The van der Waals surface area contributed by atoms with Crippen LogP contribution in [0, 0.1) is 0 Å². The minimum atomic E-state index is 0.659. The van der Waals surface area contributed by atoms with E-state index in [4.69, 9.17) is 23.2 Å². The van der Waals surface area contributed by atoms with E-state index in [1.54, 1.807) is 0 Å². The van der Waals surface area contributed by atoms with E-state index in [1.807, 2.05) is 38.2 Å². The quantitative estimate of drug-likeness (QED) is 0.685. The van der Waals surface area contributed by atoms with E-state index >= 15 is 0 Å². The van der Waals surface area contributed by atoms with Crippen LogP contribution in [0.25, 0.3) is 0 Å². The highest BCUT2D eigenvalue weighted by molar-refractivity contribution is 6.42. The van der Waals surface area contributed by atoms with Gasteiger partial charge in [-0.2, -0.15) is 0 Å². The minimum absolute atomic E-state index is 0.659. The largest absolute Gasteiger partial charge is 0.312 e. The van der Waals surface area contributed by atoms with Gasteiger partial charge in [0.2, 0.25) is 0 Å². The van der Waals surface area contributed by atoms with Gasteiger partial charge in [0.1, 0.15) is 0 Å². The molecule has 1 nitrogen and oxygen atoms in total. The molecule has 1 aliphatic rings. The third-order valence-corrected chi connectivity index (χ3v) is 3.76. The van der Waals surface area contributed by atoms with E-state index in [-0.39, 0.29) is 0 Å². The fourth-order valence-corrected chi connectivity index (χ4v) is 2.51. The lowest BCUT2D eigenvalue weighted by Gasteiger charge is -2.22. The van der Waals surface area contributed by atoms with Crippen molar-refractivity contribution in [3.63, 3.8) is 0 Å². The summed E-state index contributed by atoms with van der Waals surface area (Å²) >= 11 is 11.9. The Morgan fingerprint density at radius 3 is 2.00 bits per heavy atom. The fraction of sp³-hybridized carbons (Fsp3) is 0.600. The second-order valence-corrected chi connectivity index (χ2v) is 6.16. The molecule has 3 heteroatoms. The molecular weight excluding hydrogens is 265 g/mol. The Kier molecular flexibility index (Phi) is 7.06. The molecule has 102 valence electrons. The molecule has 0 N–H and O–H groups in total. The first kappa shape index (κ1) is 15.8. The van der Waals surface area contributed by atoms with Gasteiger partial charge in [0.15, 0.2) is 0 Å². The SMILES string of the molecule is CN(C)C.Clc1ccc(C2CCCCC2)cc1Cl. The summed E-state index contributed by atoms with van der Waals surface area (Å²) in [5.74, 6) is 0.707. The molecule has 1 aromatic carbocycles. The highest BCUT2D eigenvalue weighted by Gasteiger charge is 2.15. The van der Waals surface area contributed by atoms with Crippen molar-refractivity contribution in [3.05, 3.63) is 33.8 Å². The van der Waals surface area contributed by atoms with Crippen LogP contribution in [-0.2, 0) is 0 Å². The van der Waals surface area contributed by atoms with Crippen molar-refractivity contribution in [2.24, 2.45) is 0 Å². The van der Waals surface area contributed by atoms with Crippen LogP contribution < -0.4 is 0 Å². The number of rotatable bonds is 1. The van der Waals surface area contributed by atoms with Crippen LogP contribution in [0.15, 0.2) is 18.2 Å². The lowest BCUT2D eigenvalue weighted by atomic mass is 9.84. The summed E-state index contributed by atoms with van der Waals surface area (Å²) in [6.45, 7) is 0. The van der Waals surface area contributed by atoms with Crippen molar-refractivity contribution in [2.75, 3.05) is 21.1 Å². The molecule has 0 amide bonds. The average molecular weight is 288 g/mol. The van der Waals surface area contributed by atoms with Gasteiger partial charge in [-0.15, -0.1) is 0 Å². The summed E-state index contributed by atoms with van der Waals surface area (Å²) in [4.78, 5) is 2.00. The van der Waals surface area contributed by atoms with E-state index in [0.29, 0.717) is 16.0 Å².